The van der Waals surface area contributed by atoms with Crippen molar-refractivity contribution in [2.45, 2.75) is 39.2 Å². The summed E-state index contributed by atoms with van der Waals surface area (Å²) < 4.78 is 30.3. The molecule has 0 radical (unpaired) electrons. The van der Waals surface area contributed by atoms with Crippen molar-refractivity contribution in [1.82, 2.24) is 9.29 Å². The lowest BCUT2D eigenvalue weighted by Gasteiger charge is -2.14. The van der Waals surface area contributed by atoms with Crippen LogP contribution in [0.15, 0.2) is 10.6 Å². The van der Waals surface area contributed by atoms with Gasteiger partial charge in [0.15, 0.2) is 0 Å². The van der Waals surface area contributed by atoms with Gasteiger partial charge in [-0.15, -0.1) is 0 Å². The zero-order valence-corrected chi connectivity index (χ0v) is 11.2. The summed E-state index contributed by atoms with van der Waals surface area (Å²) in [4.78, 5) is 4.14. The molecule has 0 bridgehead atoms. The first kappa shape index (κ1) is 12.6. The van der Waals surface area contributed by atoms with E-state index in [-0.39, 0.29) is 17.7 Å². The molecule has 1 aliphatic heterocycles. The molecule has 1 aliphatic rings. The average molecular weight is 258 g/mol. The number of oxazole rings is 1. The fourth-order valence-electron chi connectivity index (χ4n) is 1.75. The summed E-state index contributed by atoms with van der Waals surface area (Å²) in [6.07, 6.45) is 2.37. The highest BCUT2D eigenvalue weighted by molar-refractivity contribution is 7.89. The number of nitrogens with zero attached hydrogens (tertiary/aromatic N) is 2. The topological polar surface area (TPSA) is 63.4 Å². The molecule has 1 fully saturated rings. The Bertz CT molecular complexity index is 499. The lowest BCUT2D eigenvalue weighted by atomic mass is 9.94. The zero-order valence-electron chi connectivity index (χ0n) is 10.4. The fourth-order valence-corrected chi connectivity index (χ4v) is 3.22. The van der Waals surface area contributed by atoms with Crippen molar-refractivity contribution in [3.8, 4) is 0 Å². The van der Waals surface area contributed by atoms with E-state index in [1.54, 1.807) is 6.20 Å². The van der Waals surface area contributed by atoms with E-state index in [9.17, 15) is 8.42 Å². The van der Waals surface area contributed by atoms with Gasteiger partial charge < -0.3 is 4.42 Å². The predicted octanol–water partition coefficient (Wildman–Crippen LogP) is 1.51. The second-order valence-electron chi connectivity index (χ2n) is 5.37. The van der Waals surface area contributed by atoms with E-state index in [2.05, 4.69) is 4.98 Å². The summed E-state index contributed by atoms with van der Waals surface area (Å²) in [7, 11) is -3.08. The van der Waals surface area contributed by atoms with Crippen LogP contribution in [0.25, 0.3) is 0 Å². The largest absolute Gasteiger partial charge is 0.444 e. The molecule has 1 aromatic rings. The number of hydrogen-bond donors (Lipinski definition) is 0. The van der Waals surface area contributed by atoms with Gasteiger partial charge in [-0.3, -0.25) is 0 Å². The number of rotatable bonds is 2. The molecule has 96 valence electrons. The van der Waals surface area contributed by atoms with Crippen LogP contribution in [0.4, 0.5) is 0 Å². The van der Waals surface area contributed by atoms with Gasteiger partial charge in [-0.05, 0) is 6.42 Å². The van der Waals surface area contributed by atoms with Crippen LogP contribution in [0, 0.1) is 0 Å². The van der Waals surface area contributed by atoms with E-state index >= 15 is 0 Å². The van der Waals surface area contributed by atoms with E-state index in [1.165, 1.54) is 4.31 Å². The Kier molecular flexibility index (Phi) is 3.03. The Labute approximate surface area is 102 Å². The molecule has 0 N–H and O–H groups in total. The maximum absolute atomic E-state index is 11.6. The summed E-state index contributed by atoms with van der Waals surface area (Å²) in [6.45, 7) is 6.91. The van der Waals surface area contributed by atoms with Crippen molar-refractivity contribution in [2.24, 2.45) is 0 Å². The molecule has 1 saturated heterocycles. The lowest BCUT2D eigenvalue weighted by molar-refractivity contribution is 0.337. The molecule has 5 nitrogen and oxygen atoms in total. The van der Waals surface area contributed by atoms with Gasteiger partial charge in [-0.25, -0.2) is 13.4 Å². The Hall–Kier alpha value is -0.880. The Balaban J connectivity index is 2.13. The van der Waals surface area contributed by atoms with Gasteiger partial charge in [0.1, 0.15) is 5.76 Å². The first-order valence-electron chi connectivity index (χ1n) is 5.72. The van der Waals surface area contributed by atoms with Crippen molar-refractivity contribution < 1.29 is 12.8 Å². The van der Waals surface area contributed by atoms with Gasteiger partial charge in [-0.2, -0.15) is 4.31 Å². The Morgan fingerprint density at radius 2 is 2.18 bits per heavy atom. The first-order chi connectivity index (χ1) is 7.79. The van der Waals surface area contributed by atoms with Crippen LogP contribution in [0.1, 0.15) is 38.8 Å². The smallest absolute Gasteiger partial charge is 0.214 e. The maximum atomic E-state index is 11.6. The molecule has 0 aliphatic carbocycles. The molecule has 2 rings (SSSR count). The molecule has 1 aromatic heterocycles. The Morgan fingerprint density at radius 3 is 2.65 bits per heavy atom. The van der Waals surface area contributed by atoms with Crippen molar-refractivity contribution in [1.29, 1.82) is 0 Å². The molecule has 6 heteroatoms. The van der Waals surface area contributed by atoms with Gasteiger partial charge in [0.25, 0.3) is 0 Å². The fraction of sp³-hybridized carbons (Fsp3) is 0.727. The van der Waals surface area contributed by atoms with Crippen LogP contribution in [0.2, 0.25) is 0 Å². The lowest BCUT2D eigenvalue weighted by Crippen LogP contribution is -2.25. The summed E-state index contributed by atoms with van der Waals surface area (Å²) in [5.74, 6) is 1.49. The zero-order chi connectivity index (χ0) is 12.7. The highest BCUT2D eigenvalue weighted by atomic mass is 32.2. The molecule has 0 unspecified atom stereocenters. The van der Waals surface area contributed by atoms with E-state index in [4.69, 9.17) is 4.42 Å². The number of hydrogen-bond acceptors (Lipinski definition) is 4. The van der Waals surface area contributed by atoms with Crippen LogP contribution in [-0.4, -0.2) is 30.0 Å². The highest BCUT2D eigenvalue weighted by Gasteiger charge is 2.30. The molecular weight excluding hydrogens is 240 g/mol. The molecule has 0 amide bonds. The third kappa shape index (κ3) is 2.69. The maximum Gasteiger partial charge on any atom is 0.214 e. The van der Waals surface area contributed by atoms with Gasteiger partial charge in [0, 0.05) is 12.0 Å². The van der Waals surface area contributed by atoms with Gasteiger partial charge >= 0.3 is 0 Å². The summed E-state index contributed by atoms with van der Waals surface area (Å²) in [6, 6.07) is 0. The molecule has 17 heavy (non-hydrogen) atoms. The first-order valence-corrected chi connectivity index (χ1v) is 7.33. The Morgan fingerprint density at radius 1 is 1.47 bits per heavy atom. The number of aromatic nitrogens is 1. The molecular formula is C11H18N2O3S. The standard InChI is InChI=1S/C11H18N2O3S/c1-11(2,3)9-7-12-10(16-9)8-13-5-4-6-17(13,14)15/h7H,4-6,8H2,1-3H3. The van der Waals surface area contributed by atoms with Crippen molar-refractivity contribution in [2.75, 3.05) is 12.3 Å². The quantitative estimate of drug-likeness (QED) is 0.806. The minimum absolute atomic E-state index is 0.102. The van der Waals surface area contributed by atoms with E-state index in [1.807, 2.05) is 20.8 Å². The van der Waals surface area contributed by atoms with Crippen molar-refractivity contribution >= 4 is 10.0 Å². The molecule has 0 saturated carbocycles. The van der Waals surface area contributed by atoms with Gasteiger partial charge in [-0.1, -0.05) is 20.8 Å². The highest BCUT2D eigenvalue weighted by Crippen LogP contribution is 2.24. The van der Waals surface area contributed by atoms with Crippen molar-refractivity contribution in [3.05, 3.63) is 17.8 Å². The number of sulfonamides is 1. The second-order valence-corrected chi connectivity index (χ2v) is 7.46. The monoisotopic (exact) mass is 258 g/mol. The van der Waals surface area contributed by atoms with Gasteiger partial charge in [0.2, 0.25) is 15.9 Å². The summed E-state index contributed by atoms with van der Waals surface area (Å²) >= 11 is 0. The van der Waals surface area contributed by atoms with Crippen LogP contribution in [0.5, 0.6) is 0 Å². The molecule has 0 aromatic carbocycles. The van der Waals surface area contributed by atoms with Crippen LogP contribution in [-0.2, 0) is 22.0 Å². The predicted molar refractivity (Wildman–Crippen MR) is 64.0 cm³/mol. The molecule has 0 spiro atoms. The average Bonchev–Trinajstić information content (AvgIpc) is 2.74. The minimum atomic E-state index is -3.08. The molecule has 2 heterocycles. The summed E-state index contributed by atoms with van der Waals surface area (Å²) in [5, 5.41) is 0. The van der Waals surface area contributed by atoms with Gasteiger partial charge in [0.05, 0.1) is 18.5 Å². The minimum Gasteiger partial charge on any atom is -0.444 e. The second kappa shape index (κ2) is 4.10. The SMILES string of the molecule is CC(C)(C)c1cnc(CN2CCCS2(=O)=O)o1. The normalized spacial score (nSPS) is 20.9. The van der Waals surface area contributed by atoms with Crippen LogP contribution >= 0.6 is 0 Å². The third-order valence-corrected chi connectivity index (χ3v) is 4.71. The van der Waals surface area contributed by atoms with Crippen LogP contribution < -0.4 is 0 Å². The van der Waals surface area contributed by atoms with Crippen molar-refractivity contribution in [3.63, 3.8) is 0 Å². The van der Waals surface area contributed by atoms with E-state index < -0.39 is 10.0 Å². The third-order valence-electron chi connectivity index (χ3n) is 2.81. The van der Waals surface area contributed by atoms with E-state index in [0.717, 1.165) is 5.76 Å². The summed E-state index contributed by atoms with van der Waals surface area (Å²) in [5.41, 5.74) is -0.102. The van der Waals surface area contributed by atoms with Crippen LogP contribution in [0.3, 0.4) is 0 Å². The van der Waals surface area contributed by atoms with E-state index in [0.29, 0.717) is 18.9 Å². The molecule has 0 atom stereocenters.